The molecule has 2 unspecified atom stereocenters. The van der Waals surface area contributed by atoms with Gasteiger partial charge < -0.3 is 19.7 Å². The first-order valence-corrected chi connectivity index (χ1v) is 9.92. The van der Waals surface area contributed by atoms with E-state index < -0.39 is 0 Å². The van der Waals surface area contributed by atoms with Crippen LogP contribution >= 0.6 is 0 Å². The van der Waals surface area contributed by atoms with Gasteiger partial charge in [-0.05, 0) is 44.5 Å². The molecule has 1 N–H and O–H groups in total. The summed E-state index contributed by atoms with van der Waals surface area (Å²) >= 11 is 0. The zero-order valence-corrected chi connectivity index (χ0v) is 16.7. The van der Waals surface area contributed by atoms with Crippen LogP contribution < -0.4 is 14.8 Å². The van der Waals surface area contributed by atoms with Gasteiger partial charge in [0.1, 0.15) is 17.6 Å². The Hall–Kier alpha value is -2.21. The topological polar surface area (TPSA) is 49.3 Å². The number of benzene rings is 1. The number of hydrogen-bond acceptors (Lipinski definition) is 4. The second kappa shape index (κ2) is 9.65. The van der Waals surface area contributed by atoms with Crippen LogP contribution in [0.4, 0.5) is 0 Å². The molecule has 148 valence electrons. The van der Waals surface area contributed by atoms with Crippen LogP contribution in [0.25, 0.3) is 0 Å². The summed E-state index contributed by atoms with van der Waals surface area (Å²) in [5.41, 5.74) is 0. The van der Waals surface area contributed by atoms with Crippen molar-refractivity contribution >= 4 is 5.96 Å². The number of ether oxygens (including phenoxy) is 2. The number of methoxy groups -OCH3 is 1. The molecule has 1 saturated heterocycles. The van der Waals surface area contributed by atoms with Gasteiger partial charge in [-0.2, -0.15) is 0 Å². The van der Waals surface area contributed by atoms with Crippen molar-refractivity contribution in [1.29, 1.82) is 0 Å². The smallest absolute Gasteiger partial charge is 0.194 e. The maximum atomic E-state index is 5.98. The van der Waals surface area contributed by atoms with Crippen LogP contribution in [0.5, 0.6) is 11.5 Å². The highest BCUT2D eigenvalue weighted by Gasteiger charge is 2.29. The van der Waals surface area contributed by atoms with Crippen molar-refractivity contribution in [2.75, 3.05) is 46.4 Å². The highest BCUT2D eigenvalue weighted by atomic mass is 16.5. The lowest BCUT2D eigenvalue weighted by atomic mass is 10.2. The maximum Gasteiger partial charge on any atom is 0.194 e. The van der Waals surface area contributed by atoms with Gasteiger partial charge in [-0.3, -0.25) is 4.90 Å². The Morgan fingerprint density at radius 3 is 2.59 bits per heavy atom. The van der Waals surface area contributed by atoms with E-state index >= 15 is 0 Å². The molecule has 0 aliphatic carbocycles. The average molecular weight is 373 g/mol. The summed E-state index contributed by atoms with van der Waals surface area (Å²) in [6.07, 6.45) is 5.73. The molecule has 0 spiro atoms. The van der Waals surface area contributed by atoms with Crippen LogP contribution in [0.15, 0.2) is 41.4 Å². The van der Waals surface area contributed by atoms with Crippen molar-refractivity contribution < 1.29 is 9.47 Å². The lowest BCUT2D eigenvalue weighted by Crippen LogP contribution is -2.43. The molecule has 2 aliphatic rings. The number of nitrogens with one attached hydrogen (secondary N) is 1. The lowest BCUT2D eigenvalue weighted by Gasteiger charge is -2.25. The zero-order valence-electron chi connectivity index (χ0n) is 16.7. The van der Waals surface area contributed by atoms with Crippen molar-refractivity contribution in [3.63, 3.8) is 0 Å². The molecule has 3 rings (SSSR count). The molecule has 0 bridgehead atoms. The van der Waals surface area contributed by atoms with Gasteiger partial charge in [0.05, 0.1) is 13.7 Å². The molecule has 1 fully saturated rings. The summed E-state index contributed by atoms with van der Waals surface area (Å²) in [6, 6.07) is 8.30. The van der Waals surface area contributed by atoms with Crippen molar-refractivity contribution in [3.05, 3.63) is 36.4 Å². The number of rotatable bonds is 7. The van der Waals surface area contributed by atoms with E-state index in [0.717, 1.165) is 50.2 Å². The number of likely N-dealkylation sites (tertiary alicyclic amines) is 1. The van der Waals surface area contributed by atoms with E-state index in [1.807, 2.05) is 24.3 Å². The van der Waals surface area contributed by atoms with E-state index in [1.165, 1.54) is 6.42 Å². The minimum atomic E-state index is 0.00762. The van der Waals surface area contributed by atoms with Gasteiger partial charge in [0.15, 0.2) is 5.96 Å². The number of aliphatic imine (C=N–C) groups is 1. The third-order valence-electron chi connectivity index (χ3n) is 5.06. The Kier molecular flexibility index (Phi) is 6.98. The van der Waals surface area contributed by atoms with E-state index in [4.69, 9.17) is 14.5 Å². The Morgan fingerprint density at radius 2 is 1.93 bits per heavy atom. The molecule has 2 heterocycles. The first-order chi connectivity index (χ1) is 13.2. The summed E-state index contributed by atoms with van der Waals surface area (Å²) < 4.78 is 11.2. The fraction of sp³-hybridized carbons (Fsp3) is 0.571. The molecule has 6 nitrogen and oxygen atoms in total. The van der Waals surface area contributed by atoms with Gasteiger partial charge in [-0.25, -0.2) is 4.99 Å². The fourth-order valence-electron chi connectivity index (χ4n) is 3.59. The van der Waals surface area contributed by atoms with Crippen LogP contribution in [0.2, 0.25) is 0 Å². The number of nitrogens with zero attached hydrogens (tertiary/aromatic N) is 3. The third-order valence-corrected chi connectivity index (χ3v) is 5.06. The number of guanidine groups is 1. The van der Waals surface area contributed by atoms with Crippen molar-refractivity contribution in [3.8, 4) is 11.5 Å². The summed E-state index contributed by atoms with van der Waals surface area (Å²) in [4.78, 5) is 9.76. The average Bonchev–Trinajstić information content (AvgIpc) is 3.37. The molecule has 6 heteroatoms. The quantitative estimate of drug-likeness (QED) is 0.452. The lowest BCUT2D eigenvalue weighted by molar-refractivity contribution is 0.229. The van der Waals surface area contributed by atoms with Gasteiger partial charge in [-0.1, -0.05) is 12.2 Å². The SMILES string of the molecule is CCNC(=NCC(C)Oc1ccc(OC)cc1)N1CCC(N2CC=CC2)C1. The summed E-state index contributed by atoms with van der Waals surface area (Å²) in [7, 11) is 1.67. The van der Waals surface area contributed by atoms with Crippen molar-refractivity contribution in [1.82, 2.24) is 15.1 Å². The standard InChI is InChI=1S/C21H32N4O2/c1-4-22-21(25-14-11-18(16-25)24-12-5-6-13-24)23-15-17(2)27-20-9-7-19(26-3)8-10-20/h5-10,17-18H,4,11-16H2,1-3H3,(H,22,23). The molecule has 0 aromatic heterocycles. The zero-order chi connectivity index (χ0) is 19.1. The molecule has 27 heavy (non-hydrogen) atoms. The Balaban J connectivity index is 1.53. The molecular formula is C21H32N4O2. The normalized spacial score (nSPS) is 21.5. The summed E-state index contributed by atoms with van der Waals surface area (Å²) in [6.45, 7) is 9.93. The van der Waals surface area contributed by atoms with Gasteiger partial charge in [0.25, 0.3) is 0 Å². The van der Waals surface area contributed by atoms with E-state index in [0.29, 0.717) is 12.6 Å². The predicted molar refractivity (Wildman–Crippen MR) is 110 cm³/mol. The van der Waals surface area contributed by atoms with Crippen LogP contribution in [0, 0.1) is 0 Å². The van der Waals surface area contributed by atoms with Gasteiger partial charge >= 0.3 is 0 Å². The van der Waals surface area contributed by atoms with Gasteiger partial charge in [-0.15, -0.1) is 0 Å². The van der Waals surface area contributed by atoms with Crippen molar-refractivity contribution in [2.24, 2.45) is 4.99 Å². The Bertz CT molecular complexity index is 636. The molecule has 0 amide bonds. The molecule has 1 aromatic rings. The highest BCUT2D eigenvalue weighted by molar-refractivity contribution is 5.80. The largest absolute Gasteiger partial charge is 0.497 e. The second-order valence-electron chi connectivity index (χ2n) is 7.11. The monoisotopic (exact) mass is 372 g/mol. The minimum absolute atomic E-state index is 0.00762. The molecule has 0 saturated carbocycles. The second-order valence-corrected chi connectivity index (χ2v) is 7.11. The van der Waals surface area contributed by atoms with E-state index in [2.05, 4.69) is 41.1 Å². The van der Waals surface area contributed by atoms with Crippen molar-refractivity contribution in [2.45, 2.75) is 32.4 Å². The highest BCUT2D eigenvalue weighted by Crippen LogP contribution is 2.19. The van der Waals surface area contributed by atoms with E-state index in [1.54, 1.807) is 7.11 Å². The molecular weight excluding hydrogens is 340 g/mol. The molecule has 2 aliphatic heterocycles. The molecule has 1 aromatic carbocycles. The van der Waals surface area contributed by atoms with Gasteiger partial charge in [0, 0.05) is 38.8 Å². The Labute approximate surface area is 162 Å². The summed E-state index contributed by atoms with van der Waals surface area (Å²) in [5, 5.41) is 3.44. The minimum Gasteiger partial charge on any atom is -0.497 e. The van der Waals surface area contributed by atoms with Gasteiger partial charge in [0.2, 0.25) is 0 Å². The van der Waals surface area contributed by atoms with Crippen LogP contribution in [0.1, 0.15) is 20.3 Å². The van der Waals surface area contributed by atoms with Crippen LogP contribution in [-0.4, -0.2) is 74.3 Å². The molecule has 2 atom stereocenters. The summed E-state index contributed by atoms with van der Waals surface area (Å²) in [5.74, 6) is 2.67. The van der Waals surface area contributed by atoms with E-state index in [9.17, 15) is 0 Å². The third kappa shape index (κ3) is 5.39. The Morgan fingerprint density at radius 1 is 1.22 bits per heavy atom. The first kappa shape index (κ1) is 19.5. The maximum absolute atomic E-state index is 5.98. The fourth-order valence-corrected chi connectivity index (χ4v) is 3.59. The number of hydrogen-bond donors (Lipinski definition) is 1. The van der Waals surface area contributed by atoms with Crippen LogP contribution in [0.3, 0.4) is 0 Å². The molecule has 0 radical (unpaired) electrons. The first-order valence-electron chi connectivity index (χ1n) is 9.92. The van der Waals surface area contributed by atoms with E-state index in [-0.39, 0.29) is 6.10 Å². The predicted octanol–water partition coefficient (Wildman–Crippen LogP) is 2.37. The van der Waals surface area contributed by atoms with Crippen LogP contribution in [-0.2, 0) is 0 Å².